The van der Waals surface area contributed by atoms with Gasteiger partial charge < -0.3 is 14.6 Å². The number of furan rings is 1. The Kier molecular flexibility index (Phi) is 4.55. The molecular formula is C18H18N6O2. The standard InChI is InChI=1S/C18H18N6O2/c25-18(16-11-19-5-6-20-16)24-7-3-14-15(4-8-24)22-12-23-17(14)21-10-13-2-1-9-26-13/h1-2,5-6,9,11-12H,3-4,7-8,10H2,(H,21,22,23). The van der Waals surface area contributed by atoms with Crippen molar-refractivity contribution in [1.29, 1.82) is 0 Å². The van der Waals surface area contributed by atoms with E-state index in [0.717, 1.165) is 22.8 Å². The Morgan fingerprint density at radius 1 is 1.19 bits per heavy atom. The average molecular weight is 350 g/mol. The van der Waals surface area contributed by atoms with Gasteiger partial charge in [-0.05, 0) is 18.6 Å². The summed E-state index contributed by atoms with van der Waals surface area (Å²) < 4.78 is 5.35. The van der Waals surface area contributed by atoms with Crippen molar-refractivity contribution in [2.45, 2.75) is 19.4 Å². The summed E-state index contributed by atoms with van der Waals surface area (Å²) >= 11 is 0. The molecule has 0 saturated heterocycles. The Labute approximate surface area is 150 Å². The maximum atomic E-state index is 12.6. The third kappa shape index (κ3) is 3.39. The van der Waals surface area contributed by atoms with Gasteiger partial charge in [-0.15, -0.1) is 0 Å². The molecule has 0 atom stereocenters. The molecule has 0 aliphatic carbocycles. The molecule has 0 unspecified atom stereocenters. The highest BCUT2D eigenvalue weighted by Gasteiger charge is 2.23. The molecule has 1 aliphatic rings. The van der Waals surface area contributed by atoms with Crippen LogP contribution in [0.25, 0.3) is 0 Å². The maximum Gasteiger partial charge on any atom is 0.274 e. The van der Waals surface area contributed by atoms with Gasteiger partial charge in [0.15, 0.2) is 0 Å². The van der Waals surface area contributed by atoms with Crippen LogP contribution in [-0.2, 0) is 19.4 Å². The van der Waals surface area contributed by atoms with Gasteiger partial charge in [-0.2, -0.15) is 0 Å². The zero-order valence-electron chi connectivity index (χ0n) is 14.1. The third-order valence-electron chi connectivity index (χ3n) is 4.36. The van der Waals surface area contributed by atoms with Crippen molar-refractivity contribution in [1.82, 2.24) is 24.8 Å². The van der Waals surface area contributed by atoms with Gasteiger partial charge >= 0.3 is 0 Å². The van der Waals surface area contributed by atoms with E-state index in [1.54, 1.807) is 23.7 Å². The van der Waals surface area contributed by atoms with Crippen LogP contribution in [0.1, 0.15) is 27.5 Å². The number of carbonyl (C=O) groups is 1. The quantitative estimate of drug-likeness (QED) is 0.765. The summed E-state index contributed by atoms with van der Waals surface area (Å²) in [4.78, 5) is 31.3. The molecule has 8 heteroatoms. The van der Waals surface area contributed by atoms with Crippen LogP contribution in [0.4, 0.5) is 5.82 Å². The first-order chi connectivity index (χ1) is 12.8. The van der Waals surface area contributed by atoms with Crippen molar-refractivity contribution in [2.24, 2.45) is 0 Å². The van der Waals surface area contributed by atoms with E-state index < -0.39 is 0 Å². The van der Waals surface area contributed by atoms with Gasteiger partial charge in [0.1, 0.15) is 23.6 Å². The van der Waals surface area contributed by atoms with E-state index in [0.29, 0.717) is 38.2 Å². The minimum atomic E-state index is -0.107. The Morgan fingerprint density at radius 3 is 2.92 bits per heavy atom. The highest BCUT2D eigenvalue weighted by atomic mass is 16.3. The zero-order valence-corrected chi connectivity index (χ0v) is 14.1. The predicted octanol–water partition coefficient (Wildman–Crippen LogP) is 1.71. The smallest absolute Gasteiger partial charge is 0.274 e. The number of carbonyl (C=O) groups excluding carboxylic acids is 1. The molecule has 3 aromatic rings. The first-order valence-corrected chi connectivity index (χ1v) is 8.45. The van der Waals surface area contributed by atoms with E-state index in [9.17, 15) is 4.79 Å². The lowest BCUT2D eigenvalue weighted by atomic mass is 10.1. The second-order valence-electron chi connectivity index (χ2n) is 5.96. The number of nitrogens with one attached hydrogen (secondary N) is 1. The summed E-state index contributed by atoms with van der Waals surface area (Å²) in [6.45, 7) is 1.74. The average Bonchev–Trinajstić information content (AvgIpc) is 3.11. The summed E-state index contributed by atoms with van der Waals surface area (Å²) in [5.74, 6) is 1.52. The van der Waals surface area contributed by atoms with Crippen LogP contribution in [0.15, 0.2) is 47.7 Å². The van der Waals surface area contributed by atoms with Crippen LogP contribution in [0.5, 0.6) is 0 Å². The van der Waals surface area contributed by atoms with Gasteiger partial charge in [0.2, 0.25) is 0 Å². The van der Waals surface area contributed by atoms with E-state index in [-0.39, 0.29) is 5.91 Å². The van der Waals surface area contributed by atoms with Crippen LogP contribution < -0.4 is 5.32 Å². The molecule has 0 saturated carbocycles. The molecular weight excluding hydrogens is 332 g/mol. The Hall–Kier alpha value is -3.29. The lowest BCUT2D eigenvalue weighted by Gasteiger charge is -2.19. The van der Waals surface area contributed by atoms with Crippen molar-refractivity contribution in [3.63, 3.8) is 0 Å². The molecule has 3 aromatic heterocycles. The Bertz CT molecular complexity index is 882. The number of hydrogen-bond acceptors (Lipinski definition) is 7. The molecule has 26 heavy (non-hydrogen) atoms. The van der Waals surface area contributed by atoms with E-state index >= 15 is 0 Å². The molecule has 4 rings (SSSR count). The fourth-order valence-corrected chi connectivity index (χ4v) is 3.04. The van der Waals surface area contributed by atoms with Crippen LogP contribution in [-0.4, -0.2) is 43.8 Å². The van der Waals surface area contributed by atoms with E-state index in [4.69, 9.17) is 4.42 Å². The number of fused-ring (bicyclic) bond motifs is 1. The summed E-state index contributed by atoms with van der Waals surface area (Å²) in [7, 11) is 0. The summed E-state index contributed by atoms with van der Waals surface area (Å²) in [5, 5.41) is 3.31. The molecule has 0 spiro atoms. The summed E-state index contributed by atoms with van der Waals surface area (Å²) in [6, 6.07) is 3.77. The molecule has 0 radical (unpaired) electrons. The maximum absolute atomic E-state index is 12.6. The van der Waals surface area contributed by atoms with Crippen LogP contribution >= 0.6 is 0 Å². The monoisotopic (exact) mass is 350 g/mol. The first-order valence-electron chi connectivity index (χ1n) is 8.45. The van der Waals surface area contributed by atoms with E-state index in [1.165, 1.54) is 12.4 Å². The van der Waals surface area contributed by atoms with Crippen LogP contribution in [0.2, 0.25) is 0 Å². The molecule has 0 aromatic carbocycles. The predicted molar refractivity (Wildman–Crippen MR) is 93.4 cm³/mol. The molecule has 1 N–H and O–H groups in total. The molecule has 132 valence electrons. The lowest BCUT2D eigenvalue weighted by molar-refractivity contribution is 0.0756. The van der Waals surface area contributed by atoms with Crippen LogP contribution in [0, 0.1) is 0 Å². The highest BCUT2D eigenvalue weighted by Crippen LogP contribution is 2.21. The highest BCUT2D eigenvalue weighted by molar-refractivity contribution is 5.92. The second kappa shape index (κ2) is 7.30. The fourth-order valence-electron chi connectivity index (χ4n) is 3.04. The summed E-state index contributed by atoms with van der Waals surface area (Å²) in [5.41, 5.74) is 2.38. The number of rotatable bonds is 4. The number of amides is 1. The molecule has 0 bridgehead atoms. The van der Waals surface area contributed by atoms with Crippen molar-refractivity contribution >= 4 is 11.7 Å². The molecule has 1 amide bonds. The number of anilines is 1. The van der Waals surface area contributed by atoms with Crippen molar-refractivity contribution < 1.29 is 9.21 Å². The van der Waals surface area contributed by atoms with Gasteiger partial charge in [0.05, 0.1) is 24.7 Å². The SMILES string of the molecule is O=C(c1cnccn1)N1CCc2ncnc(NCc3ccco3)c2CC1. The molecule has 8 nitrogen and oxygen atoms in total. The van der Waals surface area contributed by atoms with E-state index in [1.807, 2.05) is 12.1 Å². The van der Waals surface area contributed by atoms with Gasteiger partial charge in [0, 0.05) is 37.5 Å². The summed E-state index contributed by atoms with van der Waals surface area (Å²) in [6.07, 6.45) is 9.15. The molecule has 0 fully saturated rings. The van der Waals surface area contributed by atoms with Crippen LogP contribution in [0.3, 0.4) is 0 Å². The van der Waals surface area contributed by atoms with Crippen molar-refractivity contribution in [2.75, 3.05) is 18.4 Å². The van der Waals surface area contributed by atoms with Gasteiger partial charge in [-0.25, -0.2) is 15.0 Å². The van der Waals surface area contributed by atoms with Crippen molar-refractivity contribution in [3.8, 4) is 0 Å². The number of hydrogen-bond donors (Lipinski definition) is 1. The minimum Gasteiger partial charge on any atom is -0.467 e. The normalized spacial score (nSPS) is 13.8. The third-order valence-corrected chi connectivity index (χ3v) is 4.36. The molecule has 1 aliphatic heterocycles. The fraction of sp³-hybridized carbons (Fsp3) is 0.278. The van der Waals surface area contributed by atoms with Gasteiger partial charge in [-0.3, -0.25) is 9.78 Å². The second-order valence-corrected chi connectivity index (χ2v) is 5.96. The van der Waals surface area contributed by atoms with E-state index in [2.05, 4.69) is 25.3 Å². The zero-order chi connectivity index (χ0) is 17.8. The van der Waals surface area contributed by atoms with Crippen molar-refractivity contribution in [3.05, 3.63) is 66.0 Å². The number of nitrogens with zero attached hydrogens (tertiary/aromatic N) is 5. The number of aromatic nitrogens is 4. The van der Waals surface area contributed by atoms with Gasteiger partial charge in [0.25, 0.3) is 5.91 Å². The lowest BCUT2D eigenvalue weighted by Crippen LogP contribution is -2.33. The Balaban J connectivity index is 1.49. The minimum absolute atomic E-state index is 0.107. The first kappa shape index (κ1) is 16.2. The largest absolute Gasteiger partial charge is 0.467 e. The Morgan fingerprint density at radius 2 is 2.12 bits per heavy atom. The molecule has 4 heterocycles. The van der Waals surface area contributed by atoms with Gasteiger partial charge in [-0.1, -0.05) is 0 Å². The topological polar surface area (TPSA) is 97.0 Å².